The predicted octanol–water partition coefficient (Wildman–Crippen LogP) is 4.89. The molecule has 3 rings (SSSR count). The van der Waals surface area contributed by atoms with Gasteiger partial charge in [-0.3, -0.25) is 4.79 Å². The molecule has 0 saturated heterocycles. The Kier molecular flexibility index (Phi) is 8.82. The smallest absolute Gasteiger partial charge is 0.240 e. The van der Waals surface area contributed by atoms with Gasteiger partial charge in [-0.05, 0) is 72.0 Å². The zero-order valence-corrected chi connectivity index (χ0v) is 18.7. The number of amides is 1. The Morgan fingerprint density at radius 3 is 2.36 bits per heavy atom. The summed E-state index contributed by atoms with van der Waals surface area (Å²) in [5, 5.41) is 4.02. The number of halogens is 1. The monoisotopic (exact) mass is 450 g/mol. The van der Waals surface area contributed by atoms with Crippen molar-refractivity contribution >= 4 is 12.1 Å². The van der Waals surface area contributed by atoms with Gasteiger partial charge in [-0.1, -0.05) is 24.3 Å². The van der Waals surface area contributed by atoms with Gasteiger partial charge in [0.25, 0.3) is 0 Å². The molecule has 0 saturated carbocycles. The first kappa shape index (κ1) is 23.8. The van der Waals surface area contributed by atoms with Gasteiger partial charge in [0.15, 0.2) is 11.5 Å². The number of aryl methyl sites for hydroxylation is 1. The average Bonchev–Trinajstić information content (AvgIpc) is 2.84. The molecule has 172 valence electrons. The van der Waals surface area contributed by atoms with Crippen LogP contribution >= 0.6 is 0 Å². The molecule has 1 amide bonds. The Bertz CT molecular complexity index is 1070. The molecule has 0 radical (unpaired) electrons. The van der Waals surface area contributed by atoms with Crippen molar-refractivity contribution in [3.05, 3.63) is 89.2 Å². The molecule has 0 spiro atoms. The van der Waals surface area contributed by atoms with Crippen molar-refractivity contribution in [2.24, 2.45) is 5.10 Å². The maximum absolute atomic E-state index is 13.0. The summed E-state index contributed by atoms with van der Waals surface area (Å²) >= 11 is 0. The van der Waals surface area contributed by atoms with E-state index in [9.17, 15) is 9.18 Å². The van der Waals surface area contributed by atoms with Crippen LogP contribution in [-0.4, -0.2) is 26.3 Å². The minimum atomic E-state index is -0.288. The third-order valence-corrected chi connectivity index (χ3v) is 4.93. The summed E-state index contributed by atoms with van der Waals surface area (Å²) in [6.07, 6.45) is 3.45. The van der Waals surface area contributed by atoms with Crippen molar-refractivity contribution in [3.63, 3.8) is 0 Å². The van der Waals surface area contributed by atoms with Crippen LogP contribution in [0.5, 0.6) is 17.2 Å². The van der Waals surface area contributed by atoms with Crippen LogP contribution in [0.4, 0.5) is 4.39 Å². The standard InChI is InChI=1S/C26H27FN2O4/c1-31-23-13-8-19(9-14-23)4-3-5-26(30)29-28-17-21-10-15-24(25(16-21)32-2)33-18-20-6-11-22(27)12-7-20/h6-17H,3-5,18H2,1-2H3,(H,29,30)/b28-17-. The first-order valence-corrected chi connectivity index (χ1v) is 10.6. The van der Waals surface area contributed by atoms with E-state index in [1.165, 1.54) is 12.1 Å². The molecule has 0 atom stereocenters. The normalized spacial score (nSPS) is 10.8. The van der Waals surface area contributed by atoms with Crippen LogP contribution in [0.2, 0.25) is 0 Å². The van der Waals surface area contributed by atoms with Crippen LogP contribution in [0.3, 0.4) is 0 Å². The van der Waals surface area contributed by atoms with E-state index in [-0.39, 0.29) is 18.3 Å². The molecule has 7 heteroatoms. The van der Waals surface area contributed by atoms with Gasteiger partial charge in [0.2, 0.25) is 5.91 Å². The number of ether oxygens (including phenoxy) is 3. The molecule has 0 aliphatic rings. The third-order valence-electron chi connectivity index (χ3n) is 4.93. The molecule has 0 aromatic heterocycles. The Morgan fingerprint density at radius 2 is 1.67 bits per heavy atom. The number of methoxy groups -OCH3 is 2. The molecule has 0 unspecified atom stereocenters. The van der Waals surface area contributed by atoms with Crippen LogP contribution in [0.15, 0.2) is 71.8 Å². The van der Waals surface area contributed by atoms with E-state index >= 15 is 0 Å². The highest BCUT2D eigenvalue weighted by Gasteiger charge is 2.06. The number of rotatable bonds is 11. The third kappa shape index (κ3) is 7.64. The van der Waals surface area contributed by atoms with Crippen LogP contribution in [-0.2, 0) is 17.8 Å². The van der Waals surface area contributed by atoms with Crippen LogP contribution < -0.4 is 19.6 Å². The van der Waals surface area contributed by atoms with Crippen LogP contribution in [0, 0.1) is 5.82 Å². The summed E-state index contributed by atoms with van der Waals surface area (Å²) in [5.74, 6) is 1.47. The first-order chi connectivity index (χ1) is 16.1. The Hall–Kier alpha value is -3.87. The van der Waals surface area contributed by atoms with Crippen molar-refractivity contribution in [2.75, 3.05) is 14.2 Å². The Labute approximate surface area is 193 Å². The van der Waals surface area contributed by atoms with Crippen molar-refractivity contribution in [1.82, 2.24) is 5.43 Å². The summed E-state index contributed by atoms with van der Waals surface area (Å²) < 4.78 is 29.3. The largest absolute Gasteiger partial charge is 0.497 e. The Balaban J connectivity index is 1.45. The zero-order chi connectivity index (χ0) is 23.5. The van der Waals surface area contributed by atoms with E-state index in [0.717, 1.165) is 35.3 Å². The molecule has 0 aliphatic carbocycles. The van der Waals surface area contributed by atoms with Crippen molar-refractivity contribution in [1.29, 1.82) is 0 Å². The molecule has 3 aromatic carbocycles. The molecule has 0 heterocycles. The van der Waals surface area contributed by atoms with Gasteiger partial charge in [0.05, 0.1) is 20.4 Å². The maximum Gasteiger partial charge on any atom is 0.240 e. The van der Waals surface area contributed by atoms with Gasteiger partial charge in [-0.25, -0.2) is 9.82 Å². The zero-order valence-electron chi connectivity index (χ0n) is 18.7. The highest BCUT2D eigenvalue weighted by molar-refractivity contribution is 5.83. The lowest BCUT2D eigenvalue weighted by Crippen LogP contribution is -2.17. The van der Waals surface area contributed by atoms with E-state index < -0.39 is 0 Å². The van der Waals surface area contributed by atoms with E-state index in [1.807, 2.05) is 30.3 Å². The maximum atomic E-state index is 13.0. The van der Waals surface area contributed by atoms with Gasteiger partial charge < -0.3 is 14.2 Å². The fourth-order valence-corrected chi connectivity index (χ4v) is 3.11. The predicted molar refractivity (Wildman–Crippen MR) is 125 cm³/mol. The molecular weight excluding hydrogens is 423 g/mol. The minimum absolute atomic E-state index is 0.147. The second-order valence-electron chi connectivity index (χ2n) is 7.32. The van der Waals surface area contributed by atoms with E-state index in [1.54, 1.807) is 44.7 Å². The first-order valence-electron chi connectivity index (χ1n) is 10.6. The average molecular weight is 451 g/mol. The quantitative estimate of drug-likeness (QED) is 0.333. The van der Waals surface area contributed by atoms with E-state index in [0.29, 0.717) is 17.9 Å². The van der Waals surface area contributed by atoms with Gasteiger partial charge in [0.1, 0.15) is 18.2 Å². The lowest BCUT2D eigenvalue weighted by molar-refractivity contribution is -0.121. The van der Waals surface area contributed by atoms with Crippen molar-refractivity contribution in [3.8, 4) is 17.2 Å². The Morgan fingerprint density at radius 1 is 0.939 bits per heavy atom. The summed E-state index contributed by atoms with van der Waals surface area (Å²) in [4.78, 5) is 12.0. The summed E-state index contributed by atoms with van der Waals surface area (Å²) in [6.45, 7) is 0.288. The molecule has 33 heavy (non-hydrogen) atoms. The molecule has 0 aliphatic heterocycles. The van der Waals surface area contributed by atoms with Crippen molar-refractivity contribution in [2.45, 2.75) is 25.9 Å². The molecule has 6 nitrogen and oxygen atoms in total. The minimum Gasteiger partial charge on any atom is -0.497 e. The van der Waals surface area contributed by atoms with E-state index in [2.05, 4.69) is 10.5 Å². The molecule has 1 N–H and O–H groups in total. The van der Waals surface area contributed by atoms with Gasteiger partial charge in [-0.2, -0.15) is 5.10 Å². The fourth-order valence-electron chi connectivity index (χ4n) is 3.11. The lowest BCUT2D eigenvalue weighted by Gasteiger charge is -2.11. The fraction of sp³-hybridized carbons (Fsp3) is 0.231. The second kappa shape index (κ2) is 12.2. The SMILES string of the molecule is COc1ccc(CCCC(=O)N/N=C\c2ccc(OCc3ccc(F)cc3)c(OC)c2)cc1. The highest BCUT2D eigenvalue weighted by atomic mass is 19.1. The number of carbonyl (C=O) groups excluding carboxylic acids is 1. The van der Waals surface area contributed by atoms with Crippen molar-refractivity contribution < 1.29 is 23.4 Å². The van der Waals surface area contributed by atoms with Crippen LogP contribution in [0.25, 0.3) is 0 Å². The number of hydrogen-bond donors (Lipinski definition) is 1. The highest BCUT2D eigenvalue weighted by Crippen LogP contribution is 2.28. The number of benzene rings is 3. The number of nitrogens with zero attached hydrogens (tertiary/aromatic N) is 1. The topological polar surface area (TPSA) is 69.2 Å². The van der Waals surface area contributed by atoms with Crippen LogP contribution in [0.1, 0.15) is 29.5 Å². The lowest BCUT2D eigenvalue weighted by atomic mass is 10.1. The second-order valence-corrected chi connectivity index (χ2v) is 7.32. The number of nitrogens with one attached hydrogen (secondary N) is 1. The molecular formula is C26H27FN2O4. The number of hydrazone groups is 1. The molecule has 0 fully saturated rings. The molecule has 0 bridgehead atoms. The molecule has 3 aromatic rings. The number of hydrogen-bond acceptors (Lipinski definition) is 5. The van der Waals surface area contributed by atoms with Gasteiger partial charge in [-0.15, -0.1) is 0 Å². The van der Waals surface area contributed by atoms with E-state index in [4.69, 9.17) is 14.2 Å². The van der Waals surface area contributed by atoms with Gasteiger partial charge in [0, 0.05) is 6.42 Å². The number of carbonyl (C=O) groups is 1. The summed E-state index contributed by atoms with van der Waals surface area (Å²) in [6, 6.07) is 19.3. The summed E-state index contributed by atoms with van der Waals surface area (Å²) in [7, 11) is 3.18. The van der Waals surface area contributed by atoms with Gasteiger partial charge >= 0.3 is 0 Å². The summed E-state index contributed by atoms with van der Waals surface area (Å²) in [5.41, 5.74) is 5.30.